The lowest BCUT2D eigenvalue weighted by molar-refractivity contribution is -0.101. The molecule has 1 atom stereocenters. The molecule has 2 saturated heterocycles. The van der Waals surface area contributed by atoms with Gasteiger partial charge in [0, 0.05) is 19.0 Å². The summed E-state index contributed by atoms with van der Waals surface area (Å²) in [5, 5.41) is 0. The molecule has 0 saturated carbocycles. The van der Waals surface area contributed by atoms with Crippen LogP contribution in [0.15, 0.2) is 24.3 Å². The summed E-state index contributed by atoms with van der Waals surface area (Å²) < 4.78 is 11.3. The van der Waals surface area contributed by atoms with Crippen molar-refractivity contribution in [2.24, 2.45) is 5.92 Å². The highest BCUT2D eigenvalue weighted by molar-refractivity contribution is 5.22. The minimum atomic E-state index is 0.0420. The van der Waals surface area contributed by atoms with E-state index in [0.29, 0.717) is 5.92 Å². The molecule has 0 amide bonds. The van der Waals surface area contributed by atoms with Crippen molar-refractivity contribution in [1.82, 2.24) is 4.90 Å². The third kappa shape index (κ3) is 3.35. The molecule has 1 aromatic rings. The lowest BCUT2D eigenvalue weighted by atomic mass is 9.97. The van der Waals surface area contributed by atoms with Crippen LogP contribution in [-0.2, 0) is 16.0 Å². The molecule has 19 heavy (non-hydrogen) atoms. The van der Waals surface area contributed by atoms with Crippen LogP contribution in [0.3, 0.4) is 0 Å². The van der Waals surface area contributed by atoms with E-state index in [1.54, 1.807) is 0 Å². The van der Waals surface area contributed by atoms with Crippen molar-refractivity contribution in [3.05, 3.63) is 35.4 Å². The Bertz CT molecular complexity index is 415. The molecule has 1 aromatic carbocycles. The molecular weight excluding hydrogens is 238 g/mol. The van der Waals surface area contributed by atoms with Crippen molar-refractivity contribution in [1.29, 1.82) is 0 Å². The molecule has 1 unspecified atom stereocenters. The minimum Gasteiger partial charge on any atom is -0.350 e. The molecule has 2 aliphatic rings. The standard InChI is InChI=1S/C16H23NO2/c1-13-4-2-5-14(10-13)11-17-7-3-6-15(12-17)16-18-8-9-19-16/h2,4-5,10,15-16H,3,6-9,11-12H2,1H3. The summed E-state index contributed by atoms with van der Waals surface area (Å²) >= 11 is 0. The van der Waals surface area contributed by atoms with E-state index in [-0.39, 0.29) is 6.29 Å². The Morgan fingerprint density at radius 3 is 2.89 bits per heavy atom. The van der Waals surface area contributed by atoms with E-state index in [4.69, 9.17) is 9.47 Å². The summed E-state index contributed by atoms with van der Waals surface area (Å²) in [6.07, 6.45) is 2.52. The van der Waals surface area contributed by atoms with Crippen molar-refractivity contribution in [2.45, 2.75) is 32.6 Å². The number of aryl methyl sites for hydroxylation is 1. The summed E-state index contributed by atoms with van der Waals surface area (Å²) in [7, 11) is 0. The van der Waals surface area contributed by atoms with Crippen LogP contribution in [0.1, 0.15) is 24.0 Å². The number of hydrogen-bond acceptors (Lipinski definition) is 3. The fraction of sp³-hybridized carbons (Fsp3) is 0.625. The number of nitrogens with zero attached hydrogens (tertiary/aromatic N) is 1. The largest absolute Gasteiger partial charge is 0.350 e. The van der Waals surface area contributed by atoms with Gasteiger partial charge in [0.25, 0.3) is 0 Å². The van der Waals surface area contributed by atoms with E-state index in [1.165, 1.54) is 30.5 Å². The SMILES string of the molecule is Cc1cccc(CN2CCCC(C3OCCO3)C2)c1. The second-order valence-electron chi connectivity index (χ2n) is 5.74. The summed E-state index contributed by atoms with van der Waals surface area (Å²) in [5.74, 6) is 0.543. The predicted octanol–water partition coefficient (Wildman–Crippen LogP) is 2.58. The fourth-order valence-corrected chi connectivity index (χ4v) is 3.17. The predicted molar refractivity (Wildman–Crippen MR) is 74.9 cm³/mol. The van der Waals surface area contributed by atoms with Gasteiger partial charge in [0.05, 0.1) is 13.2 Å². The number of rotatable bonds is 3. The van der Waals surface area contributed by atoms with Crippen LogP contribution in [0, 0.1) is 12.8 Å². The first-order valence-electron chi connectivity index (χ1n) is 7.32. The molecule has 3 nitrogen and oxygen atoms in total. The maximum Gasteiger partial charge on any atom is 0.161 e. The molecule has 0 radical (unpaired) electrons. The highest BCUT2D eigenvalue weighted by Gasteiger charge is 2.30. The molecule has 0 N–H and O–H groups in total. The number of likely N-dealkylation sites (tertiary alicyclic amines) is 1. The minimum absolute atomic E-state index is 0.0420. The van der Waals surface area contributed by atoms with Gasteiger partial charge in [-0.3, -0.25) is 4.90 Å². The highest BCUT2D eigenvalue weighted by atomic mass is 16.7. The van der Waals surface area contributed by atoms with Gasteiger partial charge in [-0.25, -0.2) is 0 Å². The van der Waals surface area contributed by atoms with Crippen LogP contribution < -0.4 is 0 Å². The Balaban J connectivity index is 1.58. The summed E-state index contributed by atoms with van der Waals surface area (Å²) in [6, 6.07) is 8.81. The van der Waals surface area contributed by atoms with Gasteiger partial charge in [0.2, 0.25) is 0 Å². The Kier molecular flexibility index (Phi) is 4.16. The lowest BCUT2D eigenvalue weighted by Gasteiger charge is -2.34. The third-order valence-electron chi connectivity index (χ3n) is 4.06. The Morgan fingerprint density at radius 2 is 2.11 bits per heavy atom. The monoisotopic (exact) mass is 261 g/mol. The van der Waals surface area contributed by atoms with Crippen LogP contribution >= 0.6 is 0 Å². The maximum atomic E-state index is 5.66. The summed E-state index contributed by atoms with van der Waals surface area (Å²) in [5.41, 5.74) is 2.75. The Morgan fingerprint density at radius 1 is 1.26 bits per heavy atom. The van der Waals surface area contributed by atoms with Gasteiger partial charge in [-0.05, 0) is 31.9 Å². The van der Waals surface area contributed by atoms with Crippen molar-refractivity contribution in [3.63, 3.8) is 0 Å². The molecule has 2 heterocycles. The van der Waals surface area contributed by atoms with Gasteiger partial charge in [0.15, 0.2) is 6.29 Å². The Hall–Kier alpha value is -0.900. The average Bonchev–Trinajstić information content (AvgIpc) is 2.93. The van der Waals surface area contributed by atoms with Crippen molar-refractivity contribution in [3.8, 4) is 0 Å². The van der Waals surface area contributed by atoms with Crippen LogP contribution in [0.25, 0.3) is 0 Å². The zero-order valence-electron chi connectivity index (χ0n) is 11.7. The first-order chi connectivity index (χ1) is 9.31. The van der Waals surface area contributed by atoms with E-state index in [1.807, 2.05) is 0 Å². The first-order valence-corrected chi connectivity index (χ1v) is 7.32. The number of hydrogen-bond donors (Lipinski definition) is 0. The van der Waals surface area contributed by atoms with Crippen LogP contribution in [-0.4, -0.2) is 37.5 Å². The van der Waals surface area contributed by atoms with E-state index < -0.39 is 0 Å². The van der Waals surface area contributed by atoms with Gasteiger partial charge in [-0.15, -0.1) is 0 Å². The molecule has 3 heteroatoms. The number of piperidine rings is 1. The molecule has 3 rings (SSSR count). The lowest BCUT2D eigenvalue weighted by Crippen LogP contribution is -2.40. The normalized spacial score (nSPS) is 25.8. The molecule has 2 fully saturated rings. The molecular formula is C16H23NO2. The average molecular weight is 261 g/mol. The van der Waals surface area contributed by atoms with E-state index in [2.05, 4.69) is 36.1 Å². The topological polar surface area (TPSA) is 21.7 Å². The van der Waals surface area contributed by atoms with E-state index in [0.717, 1.165) is 26.3 Å². The quantitative estimate of drug-likeness (QED) is 0.834. The molecule has 0 spiro atoms. The zero-order valence-corrected chi connectivity index (χ0v) is 11.7. The van der Waals surface area contributed by atoms with Crippen molar-refractivity contribution >= 4 is 0 Å². The van der Waals surface area contributed by atoms with E-state index in [9.17, 15) is 0 Å². The second kappa shape index (κ2) is 6.04. The maximum absolute atomic E-state index is 5.66. The van der Waals surface area contributed by atoms with Crippen molar-refractivity contribution in [2.75, 3.05) is 26.3 Å². The third-order valence-corrected chi connectivity index (χ3v) is 4.06. The molecule has 104 valence electrons. The van der Waals surface area contributed by atoms with Crippen molar-refractivity contribution < 1.29 is 9.47 Å². The molecule has 0 aliphatic carbocycles. The Labute approximate surface area is 115 Å². The zero-order chi connectivity index (χ0) is 13.1. The smallest absolute Gasteiger partial charge is 0.161 e. The second-order valence-corrected chi connectivity index (χ2v) is 5.74. The van der Waals surface area contributed by atoms with Crippen LogP contribution in [0.2, 0.25) is 0 Å². The van der Waals surface area contributed by atoms with Crippen LogP contribution in [0.5, 0.6) is 0 Å². The van der Waals surface area contributed by atoms with Gasteiger partial charge in [-0.2, -0.15) is 0 Å². The van der Waals surface area contributed by atoms with Gasteiger partial charge in [0.1, 0.15) is 0 Å². The van der Waals surface area contributed by atoms with Gasteiger partial charge in [-0.1, -0.05) is 29.8 Å². The van der Waals surface area contributed by atoms with Gasteiger partial charge >= 0.3 is 0 Å². The number of ether oxygens (including phenoxy) is 2. The summed E-state index contributed by atoms with van der Waals surface area (Å²) in [6.45, 7) is 7.02. The van der Waals surface area contributed by atoms with Crippen LogP contribution in [0.4, 0.5) is 0 Å². The highest BCUT2D eigenvalue weighted by Crippen LogP contribution is 2.25. The van der Waals surface area contributed by atoms with Gasteiger partial charge < -0.3 is 9.47 Å². The fourth-order valence-electron chi connectivity index (χ4n) is 3.17. The first kappa shape index (κ1) is 13.1. The number of benzene rings is 1. The molecule has 0 bridgehead atoms. The molecule has 2 aliphatic heterocycles. The summed E-state index contributed by atoms with van der Waals surface area (Å²) in [4.78, 5) is 2.54. The molecule has 0 aromatic heterocycles. The van der Waals surface area contributed by atoms with E-state index >= 15 is 0 Å².